The second kappa shape index (κ2) is 7.97. The van der Waals surface area contributed by atoms with E-state index in [0.717, 1.165) is 40.5 Å². The zero-order chi connectivity index (χ0) is 22.2. The summed E-state index contributed by atoms with van der Waals surface area (Å²) < 4.78 is 6.27. The van der Waals surface area contributed by atoms with Crippen molar-refractivity contribution >= 4 is 27.8 Å². The number of carbonyl (C=O) groups is 1. The number of aryl methyl sites for hydroxylation is 4. The maximum absolute atomic E-state index is 12.2. The minimum absolute atomic E-state index is 0.251. The van der Waals surface area contributed by atoms with Crippen LogP contribution in [0.5, 0.6) is 0 Å². The number of para-hydroxylation sites is 1. The van der Waals surface area contributed by atoms with Crippen LogP contribution in [0, 0.1) is 13.8 Å². The number of furan rings is 1. The van der Waals surface area contributed by atoms with E-state index >= 15 is 0 Å². The Hall–Kier alpha value is -3.92. The molecule has 0 spiro atoms. The highest BCUT2D eigenvalue weighted by molar-refractivity contribution is 6.06. The lowest BCUT2D eigenvalue weighted by molar-refractivity contribution is 0.0699. The third-order valence-electron chi connectivity index (χ3n) is 6.04. The van der Waals surface area contributed by atoms with E-state index in [9.17, 15) is 9.90 Å². The molecule has 0 aliphatic heterocycles. The highest BCUT2D eigenvalue weighted by atomic mass is 16.4. The molecule has 158 valence electrons. The molecule has 2 heterocycles. The molecule has 5 aromatic rings. The predicted octanol–water partition coefficient (Wildman–Crippen LogP) is 6.75. The number of nitrogens with zero attached hydrogens (tertiary/aromatic N) is 1. The average molecular weight is 421 g/mol. The highest BCUT2D eigenvalue weighted by Crippen LogP contribution is 2.36. The first-order chi connectivity index (χ1) is 15.5. The zero-order valence-electron chi connectivity index (χ0n) is 18.1. The lowest BCUT2D eigenvalue weighted by Gasteiger charge is -2.11. The first-order valence-electron chi connectivity index (χ1n) is 10.7. The van der Waals surface area contributed by atoms with Gasteiger partial charge in [-0.2, -0.15) is 0 Å². The van der Waals surface area contributed by atoms with Crippen LogP contribution in [-0.4, -0.2) is 16.1 Å². The monoisotopic (exact) mass is 421 g/mol. The van der Waals surface area contributed by atoms with Crippen LogP contribution in [0.3, 0.4) is 0 Å². The van der Waals surface area contributed by atoms with Gasteiger partial charge in [0, 0.05) is 16.3 Å². The fraction of sp³-hybridized carbons (Fsp3) is 0.143. The van der Waals surface area contributed by atoms with Gasteiger partial charge in [0.1, 0.15) is 11.3 Å². The molecule has 1 N–H and O–H groups in total. The molecule has 0 saturated carbocycles. The average Bonchev–Trinajstić information content (AvgIpc) is 3.18. The largest absolute Gasteiger partial charge is 0.478 e. The topological polar surface area (TPSA) is 63.3 Å². The number of rotatable bonds is 5. The summed E-state index contributed by atoms with van der Waals surface area (Å²) in [5.41, 5.74) is 6.43. The Kier molecular flexibility index (Phi) is 4.98. The number of pyridine rings is 1. The zero-order valence-corrected chi connectivity index (χ0v) is 18.1. The Labute approximate surface area is 186 Å². The minimum atomic E-state index is -0.964. The fourth-order valence-electron chi connectivity index (χ4n) is 4.39. The molecule has 0 atom stereocenters. The number of carboxylic acids is 1. The second-order valence-corrected chi connectivity index (χ2v) is 8.17. The molecule has 2 aromatic heterocycles. The number of benzene rings is 3. The normalized spacial score (nSPS) is 11.3. The van der Waals surface area contributed by atoms with Gasteiger partial charge < -0.3 is 9.52 Å². The Morgan fingerprint density at radius 3 is 2.41 bits per heavy atom. The van der Waals surface area contributed by atoms with E-state index < -0.39 is 5.97 Å². The molecular formula is C28H23NO3. The van der Waals surface area contributed by atoms with Gasteiger partial charge in [-0.1, -0.05) is 60.7 Å². The number of hydrogen-bond donors (Lipinski definition) is 1. The maximum atomic E-state index is 12.2. The molecule has 0 fully saturated rings. The molecule has 4 nitrogen and oxygen atoms in total. The molecular weight excluding hydrogens is 398 g/mol. The lowest BCUT2D eigenvalue weighted by Crippen LogP contribution is -2.03. The van der Waals surface area contributed by atoms with Crippen molar-refractivity contribution in [2.45, 2.75) is 26.7 Å². The van der Waals surface area contributed by atoms with E-state index in [1.165, 1.54) is 5.56 Å². The lowest BCUT2D eigenvalue weighted by atomic mass is 9.97. The van der Waals surface area contributed by atoms with E-state index in [-0.39, 0.29) is 5.56 Å². The number of fused-ring (bicyclic) bond motifs is 2. The molecule has 32 heavy (non-hydrogen) atoms. The van der Waals surface area contributed by atoms with Crippen LogP contribution < -0.4 is 0 Å². The van der Waals surface area contributed by atoms with Gasteiger partial charge in [-0.25, -0.2) is 9.78 Å². The summed E-state index contributed by atoms with van der Waals surface area (Å²) in [6.45, 7) is 3.88. The van der Waals surface area contributed by atoms with E-state index in [1.807, 2.05) is 62.4 Å². The van der Waals surface area contributed by atoms with Gasteiger partial charge in [0.25, 0.3) is 0 Å². The molecule has 0 unspecified atom stereocenters. The smallest absolute Gasteiger partial charge is 0.336 e. The maximum Gasteiger partial charge on any atom is 0.336 e. The first kappa shape index (κ1) is 20.0. The van der Waals surface area contributed by atoms with E-state index in [1.54, 1.807) is 6.07 Å². The fourth-order valence-corrected chi connectivity index (χ4v) is 4.39. The molecule has 0 amide bonds. The van der Waals surface area contributed by atoms with Crippen LogP contribution in [0.4, 0.5) is 0 Å². The van der Waals surface area contributed by atoms with E-state index in [0.29, 0.717) is 22.4 Å². The van der Waals surface area contributed by atoms with Crippen LogP contribution in [0.15, 0.2) is 77.2 Å². The van der Waals surface area contributed by atoms with Gasteiger partial charge in [-0.15, -0.1) is 0 Å². The first-order valence-corrected chi connectivity index (χ1v) is 10.7. The molecule has 3 aromatic carbocycles. The van der Waals surface area contributed by atoms with Gasteiger partial charge >= 0.3 is 5.97 Å². The van der Waals surface area contributed by atoms with Crippen molar-refractivity contribution in [2.75, 3.05) is 0 Å². The number of hydrogen-bond acceptors (Lipinski definition) is 3. The summed E-state index contributed by atoms with van der Waals surface area (Å²) in [6.07, 6.45) is 1.63. The SMILES string of the molecule is Cc1ccc(C)c2c(C(=O)O)cc(-c3oc4ccccc4c3CCc3ccccc3)nc12. The van der Waals surface area contributed by atoms with E-state index in [4.69, 9.17) is 9.40 Å². The van der Waals surface area contributed by atoms with Crippen molar-refractivity contribution in [1.29, 1.82) is 0 Å². The molecule has 0 bridgehead atoms. The third-order valence-corrected chi connectivity index (χ3v) is 6.04. The van der Waals surface area contributed by atoms with Gasteiger partial charge in [0.05, 0.1) is 11.1 Å². The third kappa shape index (κ3) is 3.44. The Morgan fingerprint density at radius 2 is 1.62 bits per heavy atom. The number of aromatic carboxylic acids is 1. The summed E-state index contributed by atoms with van der Waals surface area (Å²) in [5.74, 6) is -0.318. The van der Waals surface area contributed by atoms with Crippen molar-refractivity contribution in [1.82, 2.24) is 4.98 Å². The summed E-state index contributed by atoms with van der Waals surface area (Å²) >= 11 is 0. The van der Waals surface area contributed by atoms with Crippen molar-refractivity contribution in [3.63, 3.8) is 0 Å². The summed E-state index contributed by atoms with van der Waals surface area (Å²) in [4.78, 5) is 17.1. The predicted molar refractivity (Wildman–Crippen MR) is 127 cm³/mol. The van der Waals surface area contributed by atoms with E-state index in [2.05, 4.69) is 18.2 Å². The highest BCUT2D eigenvalue weighted by Gasteiger charge is 2.21. The van der Waals surface area contributed by atoms with Crippen LogP contribution >= 0.6 is 0 Å². The van der Waals surface area contributed by atoms with Crippen molar-refractivity contribution < 1.29 is 14.3 Å². The summed E-state index contributed by atoms with van der Waals surface area (Å²) in [5, 5.41) is 11.7. The standard InChI is InChI=1S/C28H23NO3/c1-17-12-13-18(2)26-25(17)22(28(30)31)16-23(29-26)27-21(15-14-19-8-4-3-5-9-19)20-10-6-7-11-24(20)32-27/h3-13,16H,14-15H2,1-2H3,(H,30,31). The van der Waals surface area contributed by atoms with Gasteiger partial charge in [0.2, 0.25) is 0 Å². The second-order valence-electron chi connectivity index (χ2n) is 8.17. The quantitative estimate of drug-likeness (QED) is 0.341. The molecule has 4 heteroatoms. The van der Waals surface area contributed by atoms with Crippen LogP contribution in [0.25, 0.3) is 33.3 Å². The Balaban J connectivity index is 1.72. The molecule has 0 radical (unpaired) electrons. The summed E-state index contributed by atoms with van der Waals surface area (Å²) in [7, 11) is 0. The Morgan fingerprint density at radius 1 is 0.906 bits per heavy atom. The van der Waals surface area contributed by atoms with Crippen molar-refractivity contribution in [2.24, 2.45) is 0 Å². The molecule has 0 saturated heterocycles. The molecule has 0 aliphatic rings. The van der Waals surface area contributed by atoms with Gasteiger partial charge in [-0.05, 0) is 55.5 Å². The van der Waals surface area contributed by atoms with Crippen LogP contribution in [0.1, 0.15) is 32.6 Å². The number of carboxylic acid groups (broad SMARTS) is 1. The molecule has 5 rings (SSSR count). The molecule has 0 aliphatic carbocycles. The van der Waals surface area contributed by atoms with Crippen LogP contribution in [0.2, 0.25) is 0 Å². The number of aromatic nitrogens is 1. The van der Waals surface area contributed by atoms with Gasteiger partial charge in [0.15, 0.2) is 5.76 Å². The Bertz CT molecular complexity index is 1470. The summed E-state index contributed by atoms with van der Waals surface area (Å²) in [6, 6.07) is 23.8. The minimum Gasteiger partial charge on any atom is -0.478 e. The van der Waals surface area contributed by atoms with Crippen molar-refractivity contribution in [3.05, 3.63) is 101 Å². The van der Waals surface area contributed by atoms with Gasteiger partial charge in [-0.3, -0.25) is 0 Å². The van der Waals surface area contributed by atoms with Crippen LogP contribution in [-0.2, 0) is 12.8 Å². The van der Waals surface area contributed by atoms with Crippen molar-refractivity contribution in [3.8, 4) is 11.5 Å².